The number of halogens is 1. The Morgan fingerprint density at radius 3 is 2.14 bits per heavy atom. The predicted octanol–water partition coefficient (Wildman–Crippen LogP) is 5.14. The Bertz CT molecular complexity index is 1100. The van der Waals surface area contributed by atoms with Gasteiger partial charge in [-0.05, 0) is 53.4 Å². The Hall–Kier alpha value is -3.51. The maximum atomic E-state index is 13.6. The van der Waals surface area contributed by atoms with Gasteiger partial charge in [0.05, 0.1) is 7.11 Å². The molecule has 1 atom stereocenters. The number of rotatable bonds is 12. The van der Waals surface area contributed by atoms with E-state index in [2.05, 4.69) is 5.32 Å². The van der Waals surface area contributed by atoms with Crippen LogP contribution in [0.1, 0.15) is 25.0 Å². The number of hydrogen-bond donors (Lipinski definition) is 1. The maximum Gasteiger partial charge on any atom is 0.261 e. The first kappa shape index (κ1) is 27.1. The molecule has 1 N–H and O–H groups in total. The van der Waals surface area contributed by atoms with E-state index in [1.165, 1.54) is 0 Å². The molecule has 0 bridgehead atoms. The molecule has 0 aliphatic rings. The van der Waals surface area contributed by atoms with Crippen molar-refractivity contribution < 1.29 is 19.1 Å². The van der Waals surface area contributed by atoms with Gasteiger partial charge in [-0.2, -0.15) is 0 Å². The molecule has 0 aliphatic carbocycles. The van der Waals surface area contributed by atoms with Crippen LogP contribution in [-0.2, 0) is 22.6 Å². The monoisotopic (exact) mass is 508 g/mol. The highest BCUT2D eigenvalue weighted by Crippen LogP contribution is 2.19. The first-order chi connectivity index (χ1) is 17.4. The lowest BCUT2D eigenvalue weighted by molar-refractivity contribution is -0.142. The van der Waals surface area contributed by atoms with Gasteiger partial charge >= 0.3 is 0 Å². The van der Waals surface area contributed by atoms with Gasteiger partial charge in [0.1, 0.15) is 17.5 Å². The number of hydrogen-bond acceptors (Lipinski definition) is 4. The van der Waals surface area contributed by atoms with E-state index in [9.17, 15) is 9.59 Å². The van der Waals surface area contributed by atoms with Gasteiger partial charge in [0.15, 0.2) is 6.61 Å². The van der Waals surface area contributed by atoms with E-state index in [0.717, 1.165) is 11.1 Å². The lowest BCUT2D eigenvalue weighted by Crippen LogP contribution is -2.52. The summed E-state index contributed by atoms with van der Waals surface area (Å²) < 4.78 is 11.0. The molecule has 6 nitrogen and oxygen atoms in total. The normalized spacial score (nSPS) is 11.6. The highest BCUT2D eigenvalue weighted by Gasteiger charge is 2.30. The smallest absolute Gasteiger partial charge is 0.261 e. The minimum Gasteiger partial charge on any atom is -0.497 e. The fraction of sp³-hybridized carbons (Fsp3) is 0.310. The van der Waals surface area contributed by atoms with E-state index < -0.39 is 6.04 Å². The van der Waals surface area contributed by atoms with E-state index in [-0.39, 0.29) is 30.9 Å². The second-order valence-electron chi connectivity index (χ2n) is 8.96. The summed E-state index contributed by atoms with van der Waals surface area (Å²) in [5.74, 6) is 1.04. The van der Waals surface area contributed by atoms with Crippen molar-refractivity contribution in [1.29, 1.82) is 0 Å². The van der Waals surface area contributed by atoms with Gasteiger partial charge in [-0.15, -0.1) is 0 Å². The van der Waals surface area contributed by atoms with Crippen LogP contribution >= 0.6 is 11.6 Å². The summed E-state index contributed by atoms with van der Waals surface area (Å²) in [6, 6.07) is 23.3. The third-order valence-electron chi connectivity index (χ3n) is 5.64. The molecule has 0 aliphatic heterocycles. The molecule has 3 aromatic rings. The number of carbonyl (C=O) groups excluding carboxylic acids is 2. The third-order valence-corrected chi connectivity index (χ3v) is 5.90. The van der Waals surface area contributed by atoms with Gasteiger partial charge in [0, 0.05) is 24.5 Å². The van der Waals surface area contributed by atoms with E-state index in [4.69, 9.17) is 21.1 Å². The minimum atomic E-state index is -0.714. The largest absolute Gasteiger partial charge is 0.497 e. The van der Waals surface area contributed by atoms with E-state index >= 15 is 0 Å². The van der Waals surface area contributed by atoms with Crippen LogP contribution in [0.25, 0.3) is 0 Å². The molecule has 0 aromatic heterocycles. The summed E-state index contributed by atoms with van der Waals surface area (Å²) >= 11 is 6.07. The van der Waals surface area contributed by atoms with Crippen molar-refractivity contribution >= 4 is 23.4 Å². The number of methoxy groups -OCH3 is 1. The second-order valence-corrected chi connectivity index (χ2v) is 9.39. The Balaban J connectivity index is 1.87. The van der Waals surface area contributed by atoms with Crippen molar-refractivity contribution in [1.82, 2.24) is 10.2 Å². The Morgan fingerprint density at radius 1 is 0.889 bits per heavy atom. The van der Waals surface area contributed by atoms with Gasteiger partial charge in [0.2, 0.25) is 5.91 Å². The molecule has 0 fully saturated rings. The van der Waals surface area contributed by atoms with Gasteiger partial charge in [-0.1, -0.05) is 67.9 Å². The summed E-state index contributed by atoms with van der Waals surface area (Å²) in [7, 11) is 1.59. The average molecular weight is 509 g/mol. The van der Waals surface area contributed by atoms with Crippen LogP contribution in [0, 0.1) is 5.92 Å². The van der Waals surface area contributed by atoms with Gasteiger partial charge in [-0.25, -0.2) is 0 Å². The zero-order valence-electron chi connectivity index (χ0n) is 20.9. The minimum absolute atomic E-state index is 0.195. The number of amides is 2. The van der Waals surface area contributed by atoms with Crippen molar-refractivity contribution in [3.05, 3.63) is 95.0 Å². The summed E-state index contributed by atoms with van der Waals surface area (Å²) in [5, 5.41) is 3.62. The van der Waals surface area contributed by atoms with Crippen molar-refractivity contribution in [2.45, 2.75) is 32.9 Å². The van der Waals surface area contributed by atoms with Crippen LogP contribution < -0.4 is 14.8 Å². The van der Waals surface area contributed by atoms with Crippen molar-refractivity contribution in [2.24, 2.45) is 5.92 Å². The van der Waals surface area contributed by atoms with Crippen LogP contribution in [-0.4, -0.2) is 43.0 Å². The molecular weight excluding hydrogens is 476 g/mol. The molecule has 36 heavy (non-hydrogen) atoms. The van der Waals surface area contributed by atoms with Gasteiger partial charge in [-0.3, -0.25) is 9.59 Å². The second kappa shape index (κ2) is 13.5. The van der Waals surface area contributed by atoms with Crippen molar-refractivity contribution in [3.63, 3.8) is 0 Å². The molecule has 0 heterocycles. The van der Waals surface area contributed by atoms with Crippen LogP contribution in [0.5, 0.6) is 11.5 Å². The van der Waals surface area contributed by atoms with Crippen LogP contribution in [0.4, 0.5) is 0 Å². The standard InChI is InChI=1S/C29H33ClN2O4/c1-21(2)18-31-29(34)27(17-22-7-5-4-6-8-22)32(19-23-9-11-24(30)12-10-23)28(33)20-36-26-15-13-25(35-3)14-16-26/h4-16,21,27H,17-20H2,1-3H3,(H,31,34)/t27-/m1/s1. The van der Waals surface area contributed by atoms with Crippen LogP contribution in [0.2, 0.25) is 5.02 Å². The topological polar surface area (TPSA) is 67.9 Å². The Labute approximate surface area is 218 Å². The molecule has 7 heteroatoms. The Kier molecular flexibility index (Phi) is 10.2. The average Bonchev–Trinajstić information content (AvgIpc) is 2.89. The van der Waals surface area contributed by atoms with Gasteiger partial charge in [0.25, 0.3) is 5.91 Å². The first-order valence-corrected chi connectivity index (χ1v) is 12.4. The third kappa shape index (κ3) is 8.31. The predicted molar refractivity (Wildman–Crippen MR) is 142 cm³/mol. The van der Waals surface area contributed by atoms with Gasteiger partial charge < -0.3 is 19.7 Å². The van der Waals surface area contributed by atoms with E-state index in [1.807, 2.05) is 56.3 Å². The molecule has 0 unspecified atom stereocenters. The van der Waals surface area contributed by atoms with Crippen LogP contribution in [0.15, 0.2) is 78.9 Å². The Morgan fingerprint density at radius 2 is 1.53 bits per heavy atom. The number of carbonyl (C=O) groups is 2. The summed E-state index contributed by atoms with van der Waals surface area (Å²) in [4.78, 5) is 28.6. The number of nitrogens with zero attached hydrogens (tertiary/aromatic N) is 1. The highest BCUT2D eigenvalue weighted by atomic mass is 35.5. The molecule has 190 valence electrons. The number of ether oxygens (including phenoxy) is 2. The number of benzene rings is 3. The lowest BCUT2D eigenvalue weighted by atomic mass is 10.0. The molecule has 2 amide bonds. The molecule has 0 radical (unpaired) electrons. The lowest BCUT2D eigenvalue weighted by Gasteiger charge is -2.31. The van der Waals surface area contributed by atoms with Crippen molar-refractivity contribution in [2.75, 3.05) is 20.3 Å². The molecule has 0 saturated heterocycles. The first-order valence-electron chi connectivity index (χ1n) is 12.0. The molecule has 3 aromatic carbocycles. The quantitative estimate of drug-likeness (QED) is 0.368. The number of nitrogens with one attached hydrogen (secondary N) is 1. The fourth-order valence-electron chi connectivity index (χ4n) is 3.66. The fourth-order valence-corrected chi connectivity index (χ4v) is 3.79. The molecule has 0 saturated carbocycles. The maximum absolute atomic E-state index is 13.6. The molecule has 3 rings (SSSR count). The zero-order valence-corrected chi connectivity index (χ0v) is 21.7. The molecular formula is C29H33ClN2O4. The molecule has 0 spiro atoms. The summed E-state index contributed by atoms with van der Waals surface area (Å²) in [6.07, 6.45) is 0.382. The van der Waals surface area contributed by atoms with E-state index in [0.29, 0.717) is 29.5 Å². The van der Waals surface area contributed by atoms with Crippen molar-refractivity contribution in [3.8, 4) is 11.5 Å². The van der Waals surface area contributed by atoms with E-state index in [1.54, 1.807) is 48.4 Å². The highest BCUT2D eigenvalue weighted by molar-refractivity contribution is 6.30. The SMILES string of the molecule is COc1ccc(OCC(=O)N(Cc2ccc(Cl)cc2)[C@H](Cc2ccccc2)C(=O)NCC(C)C)cc1. The van der Waals surface area contributed by atoms with Crippen LogP contribution in [0.3, 0.4) is 0 Å². The summed E-state index contributed by atoms with van der Waals surface area (Å²) in [6.45, 7) is 4.63. The summed E-state index contributed by atoms with van der Waals surface area (Å²) in [5.41, 5.74) is 1.83. The zero-order chi connectivity index (χ0) is 25.9.